The standard InChI is InChI=1S/C16H29N5O/c1-12(16-13(2)18-20(5)14(16)3)17-15(22)6-7-21-10-8-19(4)9-11-21/h12H,6-11H2,1-5H3,(H,17,22)/t12-/m1/s1. The van der Waals surface area contributed by atoms with Crippen LogP contribution in [0.4, 0.5) is 0 Å². The van der Waals surface area contributed by atoms with E-state index in [1.807, 2.05) is 32.5 Å². The van der Waals surface area contributed by atoms with Gasteiger partial charge in [0.05, 0.1) is 11.7 Å². The van der Waals surface area contributed by atoms with Crippen LogP contribution in [0.3, 0.4) is 0 Å². The number of nitrogens with one attached hydrogen (secondary N) is 1. The zero-order chi connectivity index (χ0) is 16.3. The first kappa shape index (κ1) is 17.0. The van der Waals surface area contributed by atoms with Crippen LogP contribution in [-0.2, 0) is 11.8 Å². The van der Waals surface area contributed by atoms with E-state index in [1.165, 1.54) is 0 Å². The van der Waals surface area contributed by atoms with Gasteiger partial charge in [0.2, 0.25) is 5.91 Å². The summed E-state index contributed by atoms with van der Waals surface area (Å²) < 4.78 is 1.87. The van der Waals surface area contributed by atoms with E-state index in [0.29, 0.717) is 6.42 Å². The molecule has 0 unspecified atom stereocenters. The zero-order valence-electron chi connectivity index (χ0n) is 14.5. The second-order valence-electron chi connectivity index (χ2n) is 6.39. The van der Waals surface area contributed by atoms with Crippen LogP contribution in [0.15, 0.2) is 0 Å². The van der Waals surface area contributed by atoms with Gasteiger partial charge in [0.25, 0.3) is 0 Å². The molecule has 1 N–H and O–H groups in total. The quantitative estimate of drug-likeness (QED) is 0.876. The molecule has 124 valence electrons. The molecule has 0 bridgehead atoms. The van der Waals surface area contributed by atoms with Gasteiger partial charge < -0.3 is 15.1 Å². The highest BCUT2D eigenvalue weighted by Gasteiger charge is 2.19. The number of hydrogen-bond acceptors (Lipinski definition) is 4. The van der Waals surface area contributed by atoms with Crippen molar-refractivity contribution in [2.24, 2.45) is 7.05 Å². The van der Waals surface area contributed by atoms with Crippen molar-refractivity contribution >= 4 is 5.91 Å². The van der Waals surface area contributed by atoms with Crippen molar-refractivity contribution < 1.29 is 4.79 Å². The summed E-state index contributed by atoms with van der Waals surface area (Å²) in [6.07, 6.45) is 0.562. The second kappa shape index (κ2) is 7.24. The van der Waals surface area contributed by atoms with Gasteiger partial charge in [-0.1, -0.05) is 0 Å². The number of rotatable bonds is 5. The Hall–Kier alpha value is -1.40. The number of aromatic nitrogens is 2. The Morgan fingerprint density at radius 2 is 1.86 bits per heavy atom. The number of amides is 1. The number of nitrogens with zero attached hydrogens (tertiary/aromatic N) is 4. The monoisotopic (exact) mass is 307 g/mol. The molecule has 1 aromatic rings. The van der Waals surface area contributed by atoms with Gasteiger partial charge >= 0.3 is 0 Å². The molecule has 22 heavy (non-hydrogen) atoms. The second-order valence-corrected chi connectivity index (χ2v) is 6.39. The molecule has 1 atom stereocenters. The van der Waals surface area contributed by atoms with Crippen LogP contribution in [0.5, 0.6) is 0 Å². The molecule has 0 aromatic carbocycles. The maximum absolute atomic E-state index is 12.2. The molecule has 2 rings (SSSR count). The molecule has 6 nitrogen and oxygen atoms in total. The molecule has 1 fully saturated rings. The van der Waals surface area contributed by atoms with E-state index in [9.17, 15) is 4.79 Å². The largest absolute Gasteiger partial charge is 0.349 e. The van der Waals surface area contributed by atoms with Crippen molar-refractivity contribution in [3.05, 3.63) is 17.0 Å². The van der Waals surface area contributed by atoms with Crippen LogP contribution in [0, 0.1) is 13.8 Å². The van der Waals surface area contributed by atoms with E-state index < -0.39 is 0 Å². The first-order chi connectivity index (χ1) is 10.4. The lowest BCUT2D eigenvalue weighted by atomic mass is 10.1. The fraction of sp³-hybridized carbons (Fsp3) is 0.750. The number of likely N-dealkylation sites (N-methyl/N-ethyl adjacent to an activating group) is 1. The van der Waals surface area contributed by atoms with Crippen molar-refractivity contribution in [2.45, 2.75) is 33.2 Å². The van der Waals surface area contributed by atoms with Crippen LogP contribution in [0.2, 0.25) is 0 Å². The third kappa shape index (κ3) is 4.08. The first-order valence-electron chi connectivity index (χ1n) is 8.09. The number of carbonyl (C=O) groups is 1. The van der Waals surface area contributed by atoms with E-state index in [-0.39, 0.29) is 11.9 Å². The Balaban J connectivity index is 1.81. The Kier molecular flexibility index (Phi) is 5.58. The van der Waals surface area contributed by atoms with Crippen LogP contribution >= 0.6 is 0 Å². The van der Waals surface area contributed by atoms with Crippen molar-refractivity contribution in [2.75, 3.05) is 39.8 Å². The molecular formula is C16H29N5O. The van der Waals surface area contributed by atoms with Gasteiger partial charge in [-0.2, -0.15) is 5.10 Å². The minimum absolute atomic E-state index is 0.00805. The summed E-state index contributed by atoms with van der Waals surface area (Å²) >= 11 is 0. The minimum atomic E-state index is 0.00805. The molecule has 1 aliphatic heterocycles. The van der Waals surface area contributed by atoms with Crippen molar-refractivity contribution in [1.29, 1.82) is 0 Å². The minimum Gasteiger partial charge on any atom is -0.349 e. The highest BCUT2D eigenvalue weighted by atomic mass is 16.1. The number of carbonyl (C=O) groups excluding carboxylic acids is 1. The normalized spacial score (nSPS) is 18.4. The lowest BCUT2D eigenvalue weighted by molar-refractivity contribution is -0.122. The smallest absolute Gasteiger partial charge is 0.221 e. The van der Waals surface area contributed by atoms with Gasteiger partial charge in [-0.15, -0.1) is 0 Å². The van der Waals surface area contributed by atoms with Crippen molar-refractivity contribution in [1.82, 2.24) is 24.9 Å². The summed E-state index contributed by atoms with van der Waals surface area (Å²) in [5.74, 6) is 0.120. The highest BCUT2D eigenvalue weighted by molar-refractivity contribution is 5.76. The molecule has 1 aromatic heterocycles. The van der Waals surface area contributed by atoms with Gasteiger partial charge in [-0.25, -0.2) is 0 Å². The molecule has 6 heteroatoms. The van der Waals surface area contributed by atoms with Crippen LogP contribution in [0.1, 0.15) is 36.3 Å². The summed E-state index contributed by atoms with van der Waals surface area (Å²) in [5, 5.41) is 7.53. The topological polar surface area (TPSA) is 53.4 Å². The average molecular weight is 307 g/mol. The van der Waals surface area contributed by atoms with Gasteiger partial charge in [0.1, 0.15) is 0 Å². The Morgan fingerprint density at radius 3 is 2.41 bits per heavy atom. The summed E-state index contributed by atoms with van der Waals surface area (Å²) in [6, 6.07) is 0.00805. The Labute approximate surface area is 133 Å². The van der Waals surface area contributed by atoms with Crippen molar-refractivity contribution in [3.63, 3.8) is 0 Å². The summed E-state index contributed by atoms with van der Waals surface area (Å²) in [6.45, 7) is 11.2. The lowest BCUT2D eigenvalue weighted by Crippen LogP contribution is -2.45. The van der Waals surface area contributed by atoms with E-state index in [4.69, 9.17) is 0 Å². The van der Waals surface area contributed by atoms with E-state index in [2.05, 4.69) is 27.3 Å². The SMILES string of the molecule is Cc1nn(C)c(C)c1[C@@H](C)NC(=O)CCN1CCN(C)CC1. The summed E-state index contributed by atoms with van der Waals surface area (Å²) in [4.78, 5) is 16.9. The van der Waals surface area contributed by atoms with Gasteiger partial charge in [-0.3, -0.25) is 9.48 Å². The van der Waals surface area contributed by atoms with Gasteiger partial charge in [0, 0.05) is 57.4 Å². The summed E-state index contributed by atoms with van der Waals surface area (Å²) in [5.41, 5.74) is 3.24. The predicted octanol–water partition coefficient (Wildman–Crippen LogP) is 0.852. The Morgan fingerprint density at radius 1 is 1.23 bits per heavy atom. The van der Waals surface area contributed by atoms with E-state index in [0.717, 1.165) is 49.7 Å². The maximum atomic E-state index is 12.2. The number of hydrogen-bond donors (Lipinski definition) is 1. The fourth-order valence-electron chi connectivity index (χ4n) is 3.13. The van der Waals surface area contributed by atoms with Crippen LogP contribution in [-0.4, -0.2) is 65.3 Å². The maximum Gasteiger partial charge on any atom is 0.221 e. The highest BCUT2D eigenvalue weighted by Crippen LogP contribution is 2.20. The third-order valence-electron chi connectivity index (χ3n) is 4.63. The molecule has 2 heterocycles. The predicted molar refractivity (Wildman–Crippen MR) is 87.8 cm³/mol. The Bertz CT molecular complexity index is 517. The number of aryl methyl sites for hydroxylation is 2. The van der Waals surface area contributed by atoms with Crippen LogP contribution < -0.4 is 5.32 Å². The lowest BCUT2D eigenvalue weighted by Gasteiger charge is -2.32. The number of piperazine rings is 1. The molecule has 0 radical (unpaired) electrons. The van der Waals surface area contributed by atoms with Crippen LogP contribution in [0.25, 0.3) is 0 Å². The first-order valence-corrected chi connectivity index (χ1v) is 8.09. The molecule has 0 spiro atoms. The average Bonchev–Trinajstić information content (AvgIpc) is 2.71. The fourth-order valence-corrected chi connectivity index (χ4v) is 3.13. The molecule has 0 saturated carbocycles. The molecule has 1 amide bonds. The zero-order valence-corrected chi connectivity index (χ0v) is 14.5. The summed E-state index contributed by atoms with van der Waals surface area (Å²) in [7, 11) is 4.08. The van der Waals surface area contributed by atoms with Crippen molar-refractivity contribution in [3.8, 4) is 0 Å². The van der Waals surface area contributed by atoms with E-state index in [1.54, 1.807) is 0 Å². The molecule has 1 aliphatic rings. The molecular weight excluding hydrogens is 278 g/mol. The third-order valence-corrected chi connectivity index (χ3v) is 4.63. The molecule has 1 saturated heterocycles. The molecule has 0 aliphatic carbocycles. The van der Waals surface area contributed by atoms with Gasteiger partial charge in [-0.05, 0) is 27.8 Å². The van der Waals surface area contributed by atoms with E-state index >= 15 is 0 Å². The van der Waals surface area contributed by atoms with Gasteiger partial charge in [0.15, 0.2) is 0 Å².